The molecule has 0 bridgehead atoms. The van der Waals surface area contributed by atoms with Gasteiger partial charge in [-0.3, -0.25) is 0 Å². The summed E-state index contributed by atoms with van der Waals surface area (Å²) in [4.78, 5) is 0. The number of hydrogen-bond donors (Lipinski definition) is 0. The van der Waals surface area contributed by atoms with E-state index in [4.69, 9.17) is 0 Å². The highest BCUT2D eigenvalue weighted by Crippen LogP contribution is 2.50. The van der Waals surface area contributed by atoms with Crippen molar-refractivity contribution in [1.29, 1.82) is 0 Å². The molecule has 0 fully saturated rings. The van der Waals surface area contributed by atoms with Crippen LogP contribution in [-0.2, 0) is 0 Å². The Balaban J connectivity index is 5.05. The molecule has 0 spiro atoms. The van der Waals surface area contributed by atoms with E-state index in [1.807, 2.05) is 0 Å². The summed E-state index contributed by atoms with van der Waals surface area (Å²) >= 11 is 0. The monoisotopic (exact) mass is 196 g/mol. The lowest BCUT2D eigenvalue weighted by molar-refractivity contribution is 0.143. The second-order valence-corrected chi connectivity index (χ2v) is 6.59. The van der Waals surface area contributed by atoms with Gasteiger partial charge in [0.2, 0.25) is 0 Å². The Morgan fingerprint density at radius 3 is 1.50 bits per heavy atom. The van der Waals surface area contributed by atoms with Gasteiger partial charge in [-0.15, -0.1) is 0 Å². The van der Waals surface area contributed by atoms with Crippen LogP contribution in [0.1, 0.15) is 61.8 Å². The average Bonchev–Trinajstić information content (AvgIpc) is 2.01. The van der Waals surface area contributed by atoms with Crippen molar-refractivity contribution in [3.63, 3.8) is 0 Å². The van der Waals surface area contributed by atoms with Crippen LogP contribution in [0.25, 0.3) is 0 Å². The van der Waals surface area contributed by atoms with Gasteiger partial charge in [0.05, 0.1) is 0 Å². The molecule has 0 aliphatic carbocycles. The van der Waals surface area contributed by atoms with Crippen LogP contribution in [0.4, 0.5) is 0 Å². The molecule has 0 amide bonds. The first-order chi connectivity index (χ1) is 5.97. The molecule has 0 aromatic carbocycles. The van der Waals surface area contributed by atoms with Gasteiger partial charge in [0.1, 0.15) is 0 Å². The molecule has 0 aromatic rings. The van der Waals surface area contributed by atoms with E-state index < -0.39 is 0 Å². The molecule has 0 saturated heterocycles. The molecule has 0 N–H and O–H groups in total. The minimum absolute atomic E-state index is 0.187. The molecule has 0 nitrogen and oxygen atoms in total. The standard InChI is InChI=1S/C14H28/c1-10-13(6,7)11(2)14(8,9)12(3,4)5/h2,10H2,1,3-9H3. The van der Waals surface area contributed by atoms with E-state index in [9.17, 15) is 0 Å². The second-order valence-electron chi connectivity index (χ2n) is 6.59. The molecule has 0 saturated carbocycles. The second kappa shape index (κ2) is 3.72. The molecule has 14 heavy (non-hydrogen) atoms. The summed E-state index contributed by atoms with van der Waals surface area (Å²) in [6.45, 7) is 22.7. The predicted octanol–water partition coefficient (Wildman–Crippen LogP) is 5.05. The van der Waals surface area contributed by atoms with Gasteiger partial charge in [0, 0.05) is 0 Å². The van der Waals surface area contributed by atoms with Crippen molar-refractivity contribution in [2.75, 3.05) is 0 Å². The molecule has 0 aromatic heterocycles. The zero-order valence-electron chi connectivity index (χ0n) is 11.4. The maximum atomic E-state index is 4.34. The van der Waals surface area contributed by atoms with E-state index in [2.05, 4.69) is 62.0 Å². The maximum absolute atomic E-state index is 4.34. The fourth-order valence-corrected chi connectivity index (χ4v) is 1.51. The first kappa shape index (κ1) is 13.7. The minimum Gasteiger partial charge on any atom is -0.0988 e. The Kier molecular flexibility index (Phi) is 3.65. The topological polar surface area (TPSA) is 0 Å². The van der Waals surface area contributed by atoms with Gasteiger partial charge >= 0.3 is 0 Å². The Morgan fingerprint density at radius 1 is 0.929 bits per heavy atom. The van der Waals surface area contributed by atoms with Crippen LogP contribution >= 0.6 is 0 Å². The summed E-state index contributed by atoms with van der Waals surface area (Å²) < 4.78 is 0. The van der Waals surface area contributed by atoms with Gasteiger partial charge in [-0.1, -0.05) is 67.5 Å². The Bertz CT molecular complexity index is 211. The van der Waals surface area contributed by atoms with Crippen molar-refractivity contribution in [3.05, 3.63) is 12.2 Å². The summed E-state index contributed by atoms with van der Waals surface area (Å²) in [6.07, 6.45) is 1.16. The van der Waals surface area contributed by atoms with Crippen molar-refractivity contribution < 1.29 is 0 Å². The quantitative estimate of drug-likeness (QED) is 0.554. The third-order valence-electron chi connectivity index (χ3n) is 4.33. The van der Waals surface area contributed by atoms with Crippen LogP contribution in [0, 0.1) is 16.2 Å². The summed E-state index contributed by atoms with van der Waals surface area (Å²) in [5, 5.41) is 0. The minimum atomic E-state index is 0.187. The van der Waals surface area contributed by atoms with Gasteiger partial charge in [0.25, 0.3) is 0 Å². The fraction of sp³-hybridized carbons (Fsp3) is 0.857. The molecule has 0 heteroatoms. The molecule has 0 rings (SSSR count). The highest BCUT2D eigenvalue weighted by atomic mass is 14.4. The average molecular weight is 196 g/mol. The van der Waals surface area contributed by atoms with Crippen LogP contribution in [0.15, 0.2) is 12.2 Å². The molecule has 0 aliphatic rings. The Hall–Kier alpha value is -0.260. The van der Waals surface area contributed by atoms with Crippen molar-refractivity contribution in [2.24, 2.45) is 16.2 Å². The van der Waals surface area contributed by atoms with Crippen molar-refractivity contribution in [2.45, 2.75) is 61.8 Å². The predicted molar refractivity (Wildman–Crippen MR) is 66.4 cm³/mol. The Labute approximate surface area is 90.8 Å². The number of rotatable bonds is 3. The molecule has 0 aliphatic heterocycles. The highest BCUT2D eigenvalue weighted by Gasteiger charge is 2.40. The van der Waals surface area contributed by atoms with E-state index in [0.717, 1.165) is 6.42 Å². The fourth-order valence-electron chi connectivity index (χ4n) is 1.51. The molecule has 0 radical (unpaired) electrons. The van der Waals surface area contributed by atoms with E-state index in [1.54, 1.807) is 0 Å². The van der Waals surface area contributed by atoms with Gasteiger partial charge in [-0.2, -0.15) is 0 Å². The maximum Gasteiger partial charge on any atom is -0.00935 e. The van der Waals surface area contributed by atoms with Crippen LogP contribution in [-0.4, -0.2) is 0 Å². The van der Waals surface area contributed by atoms with Crippen molar-refractivity contribution >= 4 is 0 Å². The van der Waals surface area contributed by atoms with E-state index in [1.165, 1.54) is 5.57 Å². The van der Waals surface area contributed by atoms with Crippen LogP contribution < -0.4 is 0 Å². The number of hydrogen-bond acceptors (Lipinski definition) is 0. The first-order valence-electron chi connectivity index (χ1n) is 5.66. The van der Waals surface area contributed by atoms with Gasteiger partial charge < -0.3 is 0 Å². The zero-order chi connectivity index (χ0) is 11.8. The largest absolute Gasteiger partial charge is 0.0988 e. The third-order valence-corrected chi connectivity index (χ3v) is 4.33. The van der Waals surface area contributed by atoms with Crippen LogP contribution in [0.2, 0.25) is 0 Å². The third kappa shape index (κ3) is 2.40. The first-order valence-corrected chi connectivity index (χ1v) is 5.66. The van der Waals surface area contributed by atoms with E-state index in [-0.39, 0.29) is 16.2 Å². The summed E-state index contributed by atoms with van der Waals surface area (Å²) in [5.74, 6) is 0. The smallest absolute Gasteiger partial charge is 0.00935 e. The number of allylic oxidation sites excluding steroid dienone is 1. The summed E-state index contributed by atoms with van der Waals surface area (Å²) in [7, 11) is 0. The lowest BCUT2D eigenvalue weighted by Crippen LogP contribution is -2.36. The lowest BCUT2D eigenvalue weighted by atomic mass is 9.59. The summed E-state index contributed by atoms with van der Waals surface area (Å²) in [6, 6.07) is 0. The normalized spacial score (nSPS) is 14.3. The Morgan fingerprint density at radius 2 is 1.29 bits per heavy atom. The molecule has 0 atom stereocenters. The van der Waals surface area contributed by atoms with Crippen LogP contribution in [0.5, 0.6) is 0 Å². The lowest BCUT2D eigenvalue weighted by Gasteiger charge is -2.46. The molecule has 0 heterocycles. The molecular formula is C14H28. The van der Waals surface area contributed by atoms with E-state index >= 15 is 0 Å². The molecule has 84 valence electrons. The highest BCUT2D eigenvalue weighted by molar-refractivity contribution is 5.18. The molecular weight excluding hydrogens is 168 g/mol. The summed E-state index contributed by atoms with van der Waals surface area (Å²) in [5.41, 5.74) is 2.08. The van der Waals surface area contributed by atoms with Crippen LogP contribution in [0.3, 0.4) is 0 Å². The van der Waals surface area contributed by atoms with Crippen molar-refractivity contribution in [1.82, 2.24) is 0 Å². The van der Waals surface area contributed by atoms with Crippen molar-refractivity contribution in [3.8, 4) is 0 Å². The van der Waals surface area contributed by atoms with Gasteiger partial charge in [-0.25, -0.2) is 0 Å². The SMILES string of the molecule is C=C(C(C)(C)CC)C(C)(C)C(C)(C)C. The molecule has 0 unspecified atom stereocenters. The van der Waals surface area contributed by atoms with E-state index in [0.29, 0.717) is 0 Å². The van der Waals surface area contributed by atoms with Gasteiger partial charge in [-0.05, 0) is 22.7 Å². The zero-order valence-corrected chi connectivity index (χ0v) is 11.4. The van der Waals surface area contributed by atoms with Gasteiger partial charge in [0.15, 0.2) is 0 Å².